The van der Waals surface area contributed by atoms with Gasteiger partial charge in [0.05, 0.1) is 22.6 Å². The first kappa shape index (κ1) is 17.0. The van der Waals surface area contributed by atoms with Crippen LogP contribution in [0.3, 0.4) is 0 Å². The molecule has 0 unspecified atom stereocenters. The van der Waals surface area contributed by atoms with E-state index in [0.29, 0.717) is 11.4 Å². The van der Waals surface area contributed by atoms with E-state index in [1.165, 1.54) is 26.3 Å². The van der Waals surface area contributed by atoms with Crippen LogP contribution in [-0.2, 0) is 10.0 Å². The molecule has 122 valence electrons. The van der Waals surface area contributed by atoms with E-state index in [9.17, 15) is 18.5 Å². The first-order chi connectivity index (χ1) is 10.8. The number of nitro benzene ring substituents is 1. The quantitative estimate of drug-likeness (QED) is 0.606. The monoisotopic (exact) mass is 356 g/mol. The molecule has 9 heteroatoms. The molecule has 0 amide bonds. The van der Waals surface area contributed by atoms with E-state index in [4.69, 9.17) is 16.3 Å². The van der Waals surface area contributed by atoms with E-state index >= 15 is 0 Å². The first-order valence-electron chi connectivity index (χ1n) is 6.35. The van der Waals surface area contributed by atoms with Crippen molar-refractivity contribution in [3.8, 4) is 5.75 Å². The summed E-state index contributed by atoms with van der Waals surface area (Å²) in [6.45, 7) is 0. The highest BCUT2D eigenvalue weighted by atomic mass is 35.5. The van der Waals surface area contributed by atoms with E-state index in [1.54, 1.807) is 24.3 Å². The summed E-state index contributed by atoms with van der Waals surface area (Å²) < 4.78 is 31.5. The number of nitro groups is 1. The Kier molecular flexibility index (Phi) is 4.76. The number of methoxy groups -OCH3 is 1. The molecule has 0 aliphatic carbocycles. The van der Waals surface area contributed by atoms with Gasteiger partial charge in [-0.2, -0.15) is 0 Å². The lowest BCUT2D eigenvalue weighted by atomic mass is 10.3. The smallest absolute Gasteiger partial charge is 0.289 e. The summed E-state index contributed by atoms with van der Waals surface area (Å²) in [7, 11) is -1.24. The highest BCUT2D eigenvalue weighted by Crippen LogP contribution is 2.33. The maximum absolute atomic E-state index is 12.7. The molecule has 0 aliphatic heterocycles. The Morgan fingerprint density at radius 2 is 1.87 bits per heavy atom. The molecular formula is C14H13ClN2O5S. The van der Waals surface area contributed by atoms with Crippen molar-refractivity contribution in [3.63, 3.8) is 0 Å². The number of ether oxygens (including phenoxy) is 1. The average Bonchev–Trinajstić information content (AvgIpc) is 2.53. The fourth-order valence-corrected chi connectivity index (χ4v) is 3.38. The fraction of sp³-hybridized carbons (Fsp3) is 0.143. The highest BCUT2D eigenvalue weighted by Gasteiger charge is 2.26. The van der Waals surface area contributed by atoms with Crippen LogP contribution in [-0.4, -0.2) is 27.5 Å². The van der Waals surface area contributed by atoms with Crippen molar-refractivity contribution in [2.75, 3.05) is 18.5 Å². The van der Waals surface area contributed by atoms with Gasteiger partial charge in [-0.1, -0.05) is 23.7 Å². The number of halogens is 1. The van der Waals surface area contributed by atoms with Gasteiger partial charge in [0.15, 0.2) is 0 Å². The summed E-state index contributed by atoms with van der Waals surface area (Å²) in [5.74, 6) is 0.363. The number of para-hydroxylation sites is 2. The fourth-order valence-electron chi connectivity index (χ4n) is 1.97. The van der Waals surface area contributed by atoms with Crippen LogP contribution in [0.4, 0.5) is 11.4 Å². The zero-order valence-electron chi connectivity index (χ0n) is 12.3. The van der Waals surface area contributed by atoms with Gasteiger partial charge in [-0.15, -0.1) is 0 Å². The van der Waals surface area contributed by atoms with Crippen LogP contribution in [0.25, 0.3) is 0 Å². The van der Waals surface area contributed by atoms with Gasteiger partial charge in [0.2, 0.25) is 0 Å². The van der Waals surface area contributed by atoms with Crippen molar-refractivity contribution >= 4 is 33.0 Å². The third-order valence-corrected chi connectivity index (χ3v) is 5.28. The number of anilines is 1. The van der Waals surface area contributed by atoms with E-state index in [0.717, 1.165) is 10.4 Å². The number of nitrogens with zero attached hydrogens (tertiary/aromatic N) is 2. The van der Waals surface area contributed by atoms with Gasteiger partial charge in [-0.3, -0.25) is 14.4 Å². The van der Waals surface area contributed by atoms with Crippen LogP contribution in [0.1, 0.15) is 0 Å². The molecule has 2 aromatic carbocycles. The van der Waals surface area contributed by atoms with Crippen LogP contribution < -0.4 is 9.04 Å². The van der Waals surface area contributed by atoms with Gasteiger partial charge in [0, 0.05) is 13.1 Å². The van der Waals surface area contributed by atoms with Crippen LogP contribution in [0, 0.1) is 10.1 Å². The van der Waals surface area contributed by atoms with Crippen LogP contribution in [0.15, 0.2) is 47.4 Å². The van der Waals surface area contributed by atoms with Crippen molar-refractivity contribution in [1.29, 1.82) is 0 Å². The minimum atomic E-state index is -4.01. The number of rotatable bonds is 5. The summed E-state index contributed by atoms with van der Waals surface area (Å²) in [6.07, 6.45) is 0. The van der Waals surface area contributed by atoms with Gasteiger partial charge >= 0.3 is 0 Å². The van der Waals surface area contributed by atoms with Gasteiger partial charge in [-0.25, -0.2) is 8.42 Å². The van der Waals surface area contributed by atoms with Crippen molar-refractivity contribution in [3.05, 3.63) is 57.6 Å². The molecule has 23 heavy (non-hydrogen) atoms. The second-order valence-corrected chi connectivity index (χ2v) is 6.89. The lowest BCUT2D eigenvalue weighted by Gasteiger charge is -2.21. The molecule has 7 nitrogen and oxygen atoms in total. The first-order valence-corrected chi connectivity index (χ1v) is 8.16. The zero-order chi connectivity index (χ0) is 17.2. The van der Waals surface area contributed by atoms with Crippen molar-refractivity contribution < 1.29 is 18.1 Å². The normalized spacial score (nSPS) is 11.1. The standard InChI is InChI=1S/C14H13ClN2O5S/c1-16(12-5-3-4-6-14(12)22-2)23(20,21)10-7-8-11(15)13(9-10)17(18)19/h3-9H,1-2H3. The zero-order valence-corrected chi connectivity index (χ0v) is 13.8. The number of hydrogen-bond acceptors (Lipinski definition) is 5. The maximum Gasteiger partial charge on any atom is 0.289 e. The lowest BCUT2D eigenvalue weighted by Crippen LogP contribution is -2.27. The second kappa shape index (κ2) is 6.43. The summed E-state index contributed by atoms with van der Waals surface area (Å²) in [6, 6.07) is 9.89. The molecule has 0 saturated carbocycles. The molecule has 0 spiro atoms. The third kappa shape index (κ3) is 3.22. The Morgan fingerprint density at radius 3 is 2.48 bits per heavy atom. The van der Waals surface area contributed by atoms with E-state index < -0.39 is 20.6 Å². The SMILES string of the molecule is COc1ccccc1N(C)S(=O)(=O)c1ccc(Cl)c([N+](=O)[O-])c1. The number of benzene rings is 2. The molecule has 0 N–H and O–H groups in total. The van der Waals surface area contributed by atoms with Gasteiger partial charge in [0.25, 0.3) is 15.7 Å². The van der Waals surface area contributed by atoms with Crippen molar-refractivity contribution in [2.24, 2.45) is 0 Å². The minimum absolute atomic E-state index is 0.131. The molecule has 0 heterocycles. The molecule has 0 radical (unpaired) electrons. The van der Waals surface area contributed by atoms with Crippen molar-refractivity contribution in [1.82, 2.24) is 0 Å². The van der Waals surface area contributed by atoms with Gasteiger partial charge in [-0.05, 0) is 24.3 Å². The second-order valence-electron chi connectivity index (χ2n) is 4.51. The highest BCUT2D eigenvalue weighted by molar-refractivity contribution is 7.92. The number of hydrogen-bond donors (Lipinski definition) is 0. The van der Waals surface area contributed by atoms with E-state index in [-0.39, 0.29) is 9.92 Å². The molecule has 0 aliphatic rings. The van der Waals surface area contributed by atoms with Gasteiger partial charge < -0.3 is 4.74 Å². The lowest BCUT2D eigenvalue weighted by molar-refractivity contribution is -0.384. The Morgan fingerprint density at radius 1 is 1.22 bits per heavy atom. The largest absolute Gasteiger partial charge is 0.495 e. The molecule has 2 aromatic rings. The number of sulfonamides is 1. The van der Waals surface area contributed by atoms with E-state index in [1.807, 2.05) is 0 Å². The Balaban J connectivity index is 2.54. The van der Waals surface area contributed by atoms with Crippen LogP contribution in [0.5, 0.6) is 5.75 Å². The van der Waals surface area contributed by atoms with Gasteiger partial charge in [0.1, 0.15) is 10.8 Å². The predicted molar refractivity (Wildman–Crippen MR) is 86.7 cm³/mol. The summed E-state index contributed by atoms with van der Waals surface area (Å²) >= 11 is 5.72. The summed E-state index contributed by atoms with van der Waals surface area (Å²) in [5, 5.41) is 10.8. The van der Waals surface area contributed by atoms with E-state index in [2.05, 4.69) is 0 Å². The maximum atomic E-state index is 12.7. The average molecular weight is 357 g/mol. The third-order valence-electron chi connectivity index (χ3n) is 3.20. The van der Waals surface area contributed by atoms with Crippen molar-refractivity contribution in [2.45, 2.75) is 4.90 Å². The summed E-state index contributed by atoms with van der Waals surface area (Å²) in [4.78, 5) is 9.97. The molecule has 0 aromatic heterocycles. The molecule has 0 fully saturated rings. The molecule has 0 atom stereocenters. The molecule has 2 rings (SSSR count). The minimum Gasteiger partial charge on any atom is -0.495 e. The molecular weight excluding hydrogens is 344 g/mol. The van der Waals surface area contributed by atoms with Crippen LogP contribution >= 0.6 is 11.6 Å². The van der Waals surface area contributed by atoms with Crippen LogP contribution in [0.2, 0.25) is 5.02 Å². The Bertz CT molecular complexity index is 854. The topological polar surface area (TPSA) is 89.8 Å². The molecule has 0 bridgehead atoms. The summed E-state index contributed by atoms with van der Waals surface area (Å²) in [5.41, 5.74) is -0.159. The predicted octanol–water partition coefficient (Wildman–Crippen LogP) is 3.08. The Hall–Kier alpha value is -2.32. The Labute approximate surface area is 138 Å². The molecule has 0 saturated heterocycles.